The van der Waals surface area contributed by atoms with E-state index in [9.17, 15) is 9.18 Å². The van der Waals surface area contributed by atoms with E-state index >= 15 is 0 Å². The van der Waals surface area contributed by atoms with Gasteiger partial charge in [-0.15, -0.1) is 0 Å². The van der Waals surface area contributed by atoms with Gasteiger partial charge < -0.3 is 15.0 Å². The van der Waals surface area contributed by atoms with Crippen LogP contribution in [0.15, 0.2) is 48.5 Å². The van der Waals surface area contributed by atoms with E-state index in [2.05, 4.69) is 5.32 Å². The van der Waals surface area contributed by atoms with Crippen LogP contribution in [0.3, 0.4) is 0 Å². The van der Waals surface area contributed by atoms with Gasteiger partial charge in [-0.1, -0.05) is 24.3 Å². The second-order valence-corrected chi connectivity index (χ2v) is 5.84. The van der Waals surface area contributed by atoms with E-state index in [1.54, 1.807) is 33.3 Å². The third kappa shape index (κ3) is 5.06. The molecule has 2 aromatic rings. The van der Waals surface area contributed by atoms with E-state index < -0.39 is 0 Å². The summed E-state index contributed by atoms with van der Waals surface area (Å²) >= 11 is 0. The number of aryl methyl sites for hydroxylation is 1. The molecule has 0 spiro atoms. The molecule has 2 aromatic carbocycles. The number of nitrogens with one attached hydrogen (secondary N) is 1. The number of anilines is 1. The molecule has 0 aliphatic rings. The van der Waals surface area contributed by atoms with Crippen LogP contribution < -0.4 is 5.32 Å². The lowest BCUT2D eigenvalue weighted by molar-refractivity contribution is 0.0959. The summed E-state index contributed by atoms with van der Waals surface area (Å²) in [6, 6.07) is 14.0. The molecule has 1 unspecified atom stereocenters. The Hall–Kier alpha value is -2.40. The van der Waals surface area contributed by atoms with Gasteiger partial charge in [-0.05, 0) is 48.2 Å². The predicted octanol–water partition coefficient (Wildman–Crippen LogP) is 4.24. The van der Waals surface area contributed by atoms with Gasteiger partial charge in [-0.3, -0.25) is 0 Å². The Morgan fingerprint density at radius 2 is 1.92 bits per heavy atom. The van der Waals surface area contributed by atoms with E-state index in [1.165, 1.54) is 17.0 Å². The molecule has 0 saturated carbocycles. The number of hydrogen-bond donors (Lipinski definition) is 1. The molecule has 0 aromatic heterocycles. The highest BCUT2D eigenvalue weighted by atomic mass is 19.1. The van der Waals surface area contributed by atoms with Crippen molar-refractivity contribution in [1.29, 1.82) is 0 Å². The van der Waals surface area contributed by atoms with Gasteiger partial charge in [0.05, 0.1) is 6.10 Å². The third-order valence-electron chi connectivity index (χ3n) is 3.81. The summed E-state index contributed by atoms with van der Waals surface area (Å²) in [7, 11) is 5.05. The molecule has 0 radical (unpaired) electrons. The van der Waals surface area contributed by atoms with Crippen LogP contribution in [0.5, 0.6) is 0 Å². The first kappa shape index (κ1) is 17.9. The van der Waals surface area contributed by atoms with Crippen LogP contribution >= 0.6 is 0 Å². The summed E-state index contributed by atoms with van der Waals surface area (Å²) in [5.41, 5.74) is 2.83. The maximum absolute atomic E-state index is 13.0. The summed E-state index contributed by atoms with van der Waals surface area (Å²) in [5, 5.41) is 2.84. The smallest absolute Gasteiger partial charge is 0.321 e. The van der Waals surface area contributed by atoms with Crippen molar-refractivity contribution in [3.05, 3.63) is 65.5 Å². The lowest BCUT2D eigenvalue weighted by atomic mass is 10.0. The largest absolute Gasteiger partial charge is 0.377 e. The van der Waals surface area contributed by atoms with Gasteiger partial charge in [0.15, 0.2) is 0 Å². The van der Waals surface area contributed by atoms with Gasteiger partial charge >= 0.3 is 6.03 Å². The molecule has 0 bridgehead atoms. The number of carbonyl (C=O) groups excluding carboxylic acids is 1. The van der Waals surface area contributed by atoms with Gasteiger partial charge in [0, 0.05) is 26.9 Å². The zero-order valence-electron chi connectivity index (χ0n) is 14.3. The van der Waals surface area contributed by atoms with Crippen molar-refractivity contribution < 1.29 is 13.9 Å². The Labute approximate surface area is 142 Å². The van der Waals surface area contributed by atoms with E-state index in [4.69, 9.17) is 4.74 Å². The van der Waals surface area contributed by atoms with Gasteiger partial charge in [0.1, 0.15) is 5.82 Å². The Morgan fingerprint density at radius 1 is 1.21 bits per heavy atom. The first-order valence-electron chi connectivity index (χ1n) is 7.85. The van der Waals surface area contributed by atoms with Crippen LogP contribution in [-0.4, -0.2) is 32.1 Å². The summed E-state index contributed by atoms with van der Waals surface area (Å²) in [4.78, 5) is 13.2. The predicted molar refractivity (Wildman–Crippen MR) is 93.6 cm³/mol. The zero-order valence-corrected chi connectivity index (χ0v) is 14.3. The number of methoxy groups -OCH3 is 1. The van der Waals surface area contributed by atoms with Crippen LogP contribution in [0.2, 0.25) is 0 Å². The lowest BCUT2D eigenvalue weighted by Crippen LogP contribution is -2.27. The molecule has 0 aliphatic heterocycles. The molecule has 0 aliphatic carbocycles. The fourth-order valence-corrected chi connectivity index (χ4v) is 2.44. The van der Waals surface area contributed by atoms with Gasteiger partial charge in [0.2, 0.25) is 0 Å². The molecule has 24 heavy (non-hydrogen) atoms. The second kappa shape index (κ2) is 8.45. The highest BCUT2D eigenvalue weighted by Crippen LogP contribution is 2.23. The van der Waals surface area contributed by atoms with E-state index in [-0.39, 0.29) is 18.0 Å². The van der Waals surface area contributed by atoms with Crippen LogP contribution in [0.1, 0.15) is 23.7 Å². The van der Waals surface area contributed by atoms with Crippen molar-refractivity contribution in [3.63, 3.8) is 0 Å². The van der Waals surface area contributed by atoms with Crippen molar-refractivity contribution in [2.45, 2.75) is 18.9 Å². The van der Waals surface area contributed by atoms with Crippen LogP contribution in [0.4, 0.5) is 14.9 Å². The minimum absolute atomic E-state index is 0.0920. The molecule has 128 valence electrons. The number of benzene rings is 2. The van der Waals surface area contributed by atoms with Crippen molar-refractivity contribution in [1.82, 2.24) is 4.90 Å². The van der Waals surface area contributed by atoms with Gasteiger partial charge in [0.25, 0.3) is 0 Å². The number of halogens is 1. The van der Waals surface area contributed by atoms with Gasteiger partial charge in [-0.2, -0.15) is 0 Å². The van der Waals surface area contributed by atoms with E-state index in [0.29, 0.717) is 0 Å². The van der Waals surface area contributed by atoms with Crippen LogP contribution in [0, 0.1) is 5.82 Å². The average Bonchev–Trinajstić information content (AvgIpc) is 2.57. The number of nitrogens with zero attached hydrogens (tertiary/aromatic N) is 1. The molecule has 1 atom stereocenters. The Kier molecular flexibility index (Phi) is 6.32. The second-order valence-electron chi connectivity index (χ2n) is 5.84. The minimum atomic E-state index is -0.252. The fraction of sp³-hybridized carbons (Fsp3) is 0.316. The molecule has 4 nitrogen and oxygen atoms in total. The minimum Gasteiger partial charge on any atom is -0.377 e. The summed E-state index contributed by atoms with van der Waals surface area (Å²) in [6.07, 6.45) is 1.47. The molecule has 1 N–H and O–H groups in total. The van der Waals surface area contributed by atoms with Crippen molar-refractivity contribution in [2.75, 3.05) is 26.5 Å². The molecule has 0 fully saturated rings. The summed E-state index contributed by atoms with van der Waals surface area (Å²) < 4.78 is 18.6. The van der Waals surface area contributed by atoms with E-state index in [1.807, 2.05) is 24.3 Å². The average molecular weight is 330 g/mol. The molecule has 5 heteroatoms. The Balaban J connectivity index is 2.00. The normalized spacial score (nSPS) is 11.8. The Bertz CT molecular complexity index is 671. The molecular formula is C19H23FN2O2. The summed E-state index contributed by atoms with van der Waals surface area (Å²) in [6.45, 7) is 0. The molecular weight excluding hydrogens is 307 g/mol. The van der Waals surface area contributed by atoms with Crippen molar-refractivity contribution >= 4 is 11.7 Å². The maximum atomic E-state index is 13.0. The zero-order chi connectivity index (χ0) is 17.5. The molecule has 2 amide bonds. The number of amides is 2. The van der Waals surface area contributed by atoms with Crippen molar-refractivity contribution in [2.24, 2.45) is 0 Å². The fourth-order valence-electron chi connectivity index (χ4n) is 2.44. The highest BCUT2D eigenvalue weighted by Gasteiger charge is 2.11. The Morgan fingerprint density at radius 3 is 2.54 bits per heavy atom. The van der Waals surface area contributed by atoms with Crippen molar-refractivity contribution in [3.8, 4) is 0 Å². The maximum Gasteiger partial charge on any atom is 0.321 e. The standard InChI is InChI=1S/C19H23FN2O2/c1-22(2)19(23)21-17-6-4-5-14(13-17)7-12-18(24-3)15-8-10-16(20)11-9-15/h4-6,8-11,13,18H,7,12H2,1-3H3,(H,21,23). The number of hydrogen-bond acceptors (Lipinski definition) is 2. The molecule has 0 heterocycles. The monoisotopic (exact) mass is 330 g/mol. The number of urea groups is 1. The molecule has 0 saturated heterocycles. The third-order valence-corrected chi connectivity index (χ3v) is 3.81. The van der Waals surface area contributed by atoms with Crippen LogP contribution in [-0.2, 0) is 11.2 Å². The highest BCUT2D eigenvalue weighted by molar-refractivity contribution is 5.88. The molecule has 2 rings (SSSR count). The van der Waals surface area contributed by atoms with E-state index in [0.717, 1.165) is 29.7 Å². The first-order chi connectivity index (χ1) is 11.5. The van der Waals surface area contributed by atoms with Crippen LogP contribution in [0.25, 0.3) is 0 Å². The van der Waals surface area contributed by atoms with Gasteiger partial charge in [-0.25, -0.2) is 9.18 Å². The quantitative estimate of drug-likeness (QED) is 0.861. The lowest BCUT2D eigenvalue weighted by Gasteiger charge is -2.16. The summed E-state index contributed by atoms with van der Waals surface area (Å²) in [5.74, 6) is -0.252. The number of rotatable bonds is 6. The number of ether oxygens (including phenoxy) is 1. The topological polar surface area (TPSA) is 41.6 Å². The first-order valence-corrected chi connectivity index (χ1v) is 7.85. The SMILES string of the molecule is COC(CCc1cccc(NC(=O)N(C)C)c1)c1ccc(F)cc1. The number of carbonyl (C=O) groups is 1.